The summed E-state index contributed by atoms with van der Waals surface area (Å²) in [6.45, 7) is 1.73. The van der Waals surface area contributed by atoms with Gasteiger partial charge in [0.25, 0.3) is 5.91 Å². The van der Waals surface area contributed by atoms with E-state index in [2.05, 4.69) is 10.6 Å². The second kappa shape index (κ2) is 12.8. The van der Waals surface area contributed by atoms with Crippen molar-refractivity contribution in [2.45, 2.75) is 51.2 Å². The number of halogens is 1. The van der Waals surface area contributed by atoms with Gasteiger partial charge in [0.15, 0.2) is 5.76 Å². The molecule has 1 aliphatic carbocycles. The van der Waals surface area contributed by atoms with E-state index >= 15 is 0 Å². The number of nitrogens with zero attached hydrogens (tertiary/aromatic N) is 3. The molecule has 0 spiro atoms. The van der Waals surface area contributed by atoms with E-state index in [4.69, 9.17) is 20.8 Å². The van der Waals surface area contributed by atoms with Crippen LogP contribution < -0.4 is 0 Å². The van der Waals surface area contributed by atoms with Gasteiger partial charge in [0, 0.05) is 43.2 Å². The number of methoxy groups -OCH3 is 1. The smallest absolute Gasteiger partial charge is 0.290 e. The number of hydrogen-bond donors (Lipinski definition) is 0. The summed E-state index contributed by atoms with van der Waals surface area (Å²) in [7, 11) is 1.58. The van der Waals surface area contributed by atoms with Gasteiger partial charge in [0.05, 0.1) is 19.4 Å². The lowest BCUT2D eigenvalue weighted by Gasteiger charge is -2.36. The number of ether oxygens (including phenoxy) is 1. The fourth-order valence-corrected chi connectivity index (χ4v) is 5.01. The van der Waals surface area contributed by atoms with Gasteiger partial charge in [0.2, 0.25) is 5.91 Å². The van der Waals surface area contributed by atoms with Crippen molar-refractivity contribution in [2.75, 3.05) is 26.8 Å². The highest BCUT2D eigenvalue weighted by Gasteiger charge is 2.29. The van der Waals surface area contributed by atoms with Crippen LogP contribution in [0.4, 0.5) is 0 Å². The minimum atomic E-state index is -0.309. The number of furan rings is 1. The summed E-state index contributed by atoms with van der Waals surface area (Å²) in [6, 6.07) is 15.3. The first-order valence-electron chi connectivity index (χ1n) is 12.6. The Labute approximate surface area is 217 Å². The monoisotopic (exact) mass is 511 g/mol. The summed E-state index contributed by atoms with van der Waals surface area (Å²) >= 11 is 6.41. The van der Waals surface area contributed by atoms with E-state index in [1.54, 1.807) is 19.2 Å². The summed E-state index contributed by atoms with van der Waals surface area (Å²) in [5.41, 5.74) is 2.07. The Kier molecular flexibility index (Phi) is 9.25. The van der Waals surface area contributed by atoms with E-state index in [0.29, 0.717) is 26.2 Å². The maximum absolute atomic E-state index is 13.8. The second-order valence-electron chi connectivity index (χ2n) is 9.23. The van der Waals surface area contributed by atoms with Crippen molar-refractivity contribution in [1.82, 2.24) is 14.4 Å². The van der Waals surface area contributed by atoms with Crippen molar-refractivity contribution < 1.29 is 18.7 Å². The lowest BCUT2D eigenvalue weighted by molar-refractivity contribution is -0.136. The molecule has 8 heteroatoms. The molecule has 36 heavy (non-hydrogen) atoms. The second-order valence-corrected chi connectivity index (χ2v) is 9.64. The Morgan fingerprint density at radius 3 is 2.61 bits per heavy atom. The predicted molar refractivity (Wildman–Crippen MR) is 139 cm³/mol. The van der Waals surface area contributed by atoms with Crippen molar-refractivity contribution in [1.29, 1.82) is 0 Å². The number of hydrogen-bond acceptors (Lipinski definition) is 4. The van der Waals surface area contributed by atoms with E-state index in [9.17, 15) is 9.59 Å². The summed E-state index contributed by atoms with van der Waals surface area (Å²) in [4.78, 5) is 30.3. The third-order valence-electron chi connectivity index (χ3n) is 6.80. The number of rotatable bonds is 11. The number of amides is 2. The molecule has 1 aliphatic rings. The van der Waals surface area contributed by atoms with Gasteiger partial charge >= 0.3 is 0 Å². The first kappa shape index (κ1) is 26.0. The lowest BCUT2D eigenvalue weighted by Crippen LogP contribution is -2.48. The number of benzene rings is 1. The van der Waals surface area contributed by atoms with Crippen molar-refractivity contribution in [3.05, 3.63) is 83.0 Å². The van der Waals surface area contributed by atoms with Crippen LogP contribution in [0.25, 0.3) is 0 Å². The van der Waals surface area contributed by atoms with Crippen molar-refractivity contribution in [3.63, 3.8) is 0 Å². The van der Waals surface area contributed by atoms with Crippen LogP contribution in [0.2, 0.25) is 5.02 Å². The SMILES string of the molecule is COCCN(CC(=O)N(Cc1cccn1Cc1ccccc1Cl)C1CCCCC1)C(=O)c1ccco1. The summed E-state index contributed by atoms with van der Waals surface area (Å²) in [5, 5.41) is 0.725. The highest BCUT2D eigenvalue weighted by atomic mass is 35.5. The standard InChI is InChI=1S/C28H34ClN3O4/c1-35-18-16-31(28(34)26-14-8-17-36-26)21-27(33)32(23-10-3-2-4-11-23)20-24-12-7-15-30(24)19-22-9-5-6-13-25(22)29/h5-9,12-15,17,23H,2-4,10-11,16,18-21H2,1H3. The zero-order chi connectivity index (χ0) is 25.3. The molecule has 3 aromatic rings. The average Bonchev–Trinajstić information content (AvgIpc) is 3.59. The highest BCUT2D eigenvalue weighted by molar-refractivity contribution is 6.31. The minimum absolute atomic E-state index is 0.0232. The summed E-state index contributed by atoms with van der Waals surface area (Å²) in [5.74, 6) is -0.156. The van der Waals surface area contributed by atoms with E-state index in [1.165, 1.54) is 17.6 Å². The third kappa shape index (κ3) is 6.59. The molecule has 2 aromatic heterocycles. The normalized spacial score (nSPS) is 14.1. The minimum Gasteiger partial charge on any atom is -0.459 e. The molecule has 1 saturated carbocycles. The molecule has 0 atom stereocenters. The number of carbonyl (C=O) groups excluding carboxylic acids is 2. The Morgan fingerprint density at radius 1 is 1.08 bits per heavy atom. The number of aromatic nitrogens is 1. The summed E-state index contributed by atoms with van der Waals surface area (Å²) < 4.78 is 12.7. The number of carbonyl (C=O) groups is 2. The summed E-state index contributed by atoms with van der Waals surface area (Å²) in [6.07, 6.45) is 8.83. The van der Waals surface area contributed by atoms with E-state index < -0.39 is 0 Å². The lowest BCUT2D eigenvalue weighted by atomic mass is 9.94. The molecule has 2 amide bonds. The molecule has 0 unspecified atom stereocenters. The average molecular weight is 512 g/mol. The molecular formula is C28H34ClN3O4. The topological polar surface area (TPSA) is 67.9 Å². The Balaban J connectivity index is 1.54. The molecule has 4 rings (SSSR count). The molecule has 0 radical (unpaired) electrons. The Morgan fingerprint density at radius 2 is 1.89 bits per heavy atom. The first-order valence-corrected chi connectivity index (χ1v) is 12.9. The fourth-order valence-electron chi connectivity index (χ4n) is 4.81. The van der Waals surface area contributed by atoms with Gasteiger partial charge < -0.3 is 23.5 Å². The van der Waals surface area contributed by atoms with Gasteiger partial charge in [-0.05, 0) is 48.7 Å². The zero-order valence-corrected chi connectivity index (χ0v) is 21.5. The molecule has 0 aliphatic heterocycles. The van der Waals surface area contributed by atoms with Gasteiger partial charge in [-0.2, -0.15) is 0 Å². The van der Waals surface area contributed by atoms with Crippen LogP contribution in [-0.4, -0.2) is 59.0 Å². The van der Waals surface area contributed by atoms with Crippen LogP contribution in [0, 0.1) is 0 Å². The van der Waals surface area contributed by atoms with Gasteiger partial charge in [-0.25, -0.2) is 0 Å². The van der Waals surface area contributed by atoms with Crippen molar-refractivity contribution in [3.8, 4) is 0 Å². The van der Waals surface area contributed by atoms with Crippen LogP contribution >= 0.6 is 11.6 Å². The molecule has 192 valence electrons. The Hall–Kier alpha value is -3.03. The van der Waals surface area contributed by atoms with Crippen LogP contribution in [-0.2, 0) is 22.6 Å². The van der Waals surface area contributed by atoms with Gasteiger partial charge in [-0.15, -0.1) is 0 Å². The fraction of sp³-hybridized carbons (Fsp3) is 0.429. The molecule has 1 aromatic carbocycles. The van der Waals surface area contributed by atoms with Crippen LogP contribution in [0.1, 0.15) is 53.9 Å². The molecule has 0 N–H and O–H groups in total. The van der Waals surface area contributed by atoms with Gasteiger partial charge in [-0.3, -0.25) is 9.59 Å². The van der Waals surface area contributed by atoms with Crippen LogP contribution in [0.5, 0.6) is 0 Å². The van der Waals surface area contributed by atoms with Crippen LogP contribution in [0.3, 0.4) is 0 Å². The molecule has 2 heterocycles. The predicted octanol–water partition coefficient (Wildman–Crippen LogP) is 5.23. The molecule has 7 nitrogen and oxygen atoms in total. The Bertz CT molecular complexity index is 1120. The molecule has 0 bridgehead atoms. The highest BCUT2D eigenvalue weighted by Crippen LogP contribution is 2.25. The van der Waals surface area contributed by atoms with Crippen molar-refractivity contribution >= 4 is 23.4 Å². The van der Waals surface area contributed by atoms with E-state index in [-0.39, 0.29) is 30.2 Å². The third-order valence-corrected chi connectivity index (χ3v) is 7.17. The molecule has 0 saturated heterocycles. The molecule has 1 fully saturated rings. The van der Waals surface area contributed by atoms with Crippen LogP contribution in [0.15, 0.2) is 65.4 Å². The maximum atomic E-state index is 13.8. The van der Waals surface area contributed by atoms with E-state index in [1.807, 2.05) is 41.4 Å². The quantitative estimate of drug-likeness (QED) is 0.353. The zero-order valence-electron chi connectivity index (χ0n) is 20.8. The van der Waals surface area contributed by atoms with E-state index in [0.717, 1.165) is 42.0 Å². The van der Waals surface area contributed by atoms with Gasteiger partial charge in [-0.1, -0.05) is 49.1 Å². The first-order chi connectivity index (χ1) is 17.6. The largest absolute Gasteiger partial charge is 0.459 e. The molecular weight excluding hydrogens is 478 g/mol. The van der Waals surface area contributed by atoms with Crippen molar-refractivity contribution in [2.24, 2.45) is 0 Å². The maximum Gasteiger partial charge on any atom is 0.290 e. The van der Waals surface area contributed by atoms with Gasteiger partial charge in [0.1, 0.15) is 6.54 Å².